The number of carbonyl (C=O) groups excluding carboxylic acids is 2. The summed E-state index contributed by atoms with van der Waals surface area (Å²) < 4.78 is 40.7. The molecule has 12 heteroatoms. The number of halogens is 3. The van der Waals surface area contributed by atoms with Crippen molar-refractivity contribution in [3.05, 3.63) is 76.6 Å². The summed E-state index contributed by atoms with van der Waals surface area (Å²) >= 11 is 0.844. The van der Waals surface area contributed by atoms with Crippen LogP contribution in [0, 0.1) is 5.92 Å². The zero-order valence-corrected chi connectivity index (χ0v) is 21.6. The Morgan fingerprint density at radius 3 is 2.59 bits per heavy atom. The number of pyridine rings is 1. The summed E-state index contributed by atoms with van der Waals surface area (Å²) in [7, 11) is 0. The van der Waals surface area contributed by atoms with Crippen LogP contribution in [-0.4, -0.2) is 45.7 Å². The fourth-order valence-corrected chi connectivity index (χ4v) is 5.33. The lowest BCUT2D eigenvalue weighted by Gasteiger charge is -2.32. The van der Waals surface area contributed by atoms with E-state index >= 15 is 0 Å². The maximum absolute atomic E-state index is 13.6. The number of anilines is 1. The number of hydrogen-bond acceptors (Lipinski definition) is 8. The van der Waals surface area contributed by atoms with E-state index in [1.54, 1.807) is 36.5 Å². The number of nitrogens with zero attached hydrogens (tertiary/aromatic N) is 4. The highest BCUT2D eigenvalue weighted by Crippen LogP contribution is 2.37. The molecule has 39 heavy (non-hydrogen) atoms. The summed E-state index contributed by atoms with van der Waals surface area (Å²) in [6.45, 7) is 2.62. The third-order valence-corrected chi connectivity index (χ3v) is 7.42. The van der Waals surface area contributed by atoms with E-state index in [0.717, 1.165) is 50.3 Å². The van der Waals surface area contributed by atoms with E-state index < -0.39 is 22.9 Å². The second-order valence-corrected chi connectivity index (χ2v) is 10.3. The van der Waals surface area contributed by atoms with Crippen LogP contribution in [0.1, 0.15) is 29.7 Å². The van der Waals surface area contributed by atoms with Crippen molar-refractivity contribution in [1.29, 1.82) is 0 Å². The van der Waals surface area contributed by atoms with Gasteiger partial charge in [-0.25, -0.2) is 9.97 Å². The number of thioether (sulfide) groups is 1. The predicted octanol–water partition coefficient (Wildman–Crippen LogP) is 4.89. The minimum absolute atomic E-state index is 0.0762. The molecule has 2 amide bonds. The van der Waals surface area contributed by atoms with Crippen LogP contribution in [-0.2, 0) is 17.5 Å². The Labute approximate surface area is 227 Å². The van der Waals surface area contributed by atoms with E-state index in [0.29, 0.717) is 40.3 Å². The molecule has 0 aliphatic carbocycles. The predicted molar refractivity (Wildman–Crippen MR) is 142 cm³/mol. The molecule has 2 aliphatic rings. The molecule has 2 aromatic heterocycles. The van der Waals surface area contributed by atoms with Crippen LogP contribution in [0.4, 0.5) is 23.9 Å². The summed E-state index contributed by atoms with van der Waals surface area (Å²) in [6.07, 6.45) is 2.04. The SMILES string of the molecule is O=C1NC(=O)/C(=C/c2ccnc(N3CCC(CNCc4cccnc4-c4ccccc4C(F)(F)F)CC3)n2)S1. The number of carbonyl (C=O) groups is 2. The molecule has 4 heterocycles. The van der Waals surface area contributed by atoms with E-state index in [1.165, 1.54) is 18.3 Å². The van der Waals surface area contributed by atoms with Gasteiger partial charge in [0.05, 0.1) is 21.9 Å². The average molecular weight is 555 g/mol. The molecule has 0 radical (unpaired) electrons. The lowest BCUT2D eigenvalue weighted by atomic mass is 9.96. The average Bonchev–Trinajstić information content (AvgIpc) is 3.25. The first kappa shape index (κ1) is 26.8. The van der Waals surface area contributed by atoms with Gasteiger partial charge in [-0.15, -0.1) is 0 Å². The quantitative estimate of drug-likeness (QED) is 0.399. The Bertz CT molecular complexity index is 1410. The van der Waals surface area contributed by atoms with Gasteiger partial charge in [-0.1, -0.05) is 24.3 Å². The second-order valence-electron chi connectivity index (χ2n) is 9.25. The molecule has 0 saturated carbocycles. The number of amides is 2. The topological polar surface area (TPSA) is 100 Å². The number of nitrogens with one attached hydrogen (secondary N) is 2. The van der Waals surface area contributed by atoms with Gasteiger partial charge in [0.25, 0.3) is 11.1 Å². The van der Waals surface area contributed by atoms with E-state index in [9.17, 15) is 22.8 Å². The van der Waals surface area contributed by atoms with Crippen molar-refractivity contribution in [2.45, 2.75) is 25.6 Å². The Kier molecular flexibility index (Phi) is 7.94. The van der Waals surface area contributed by atoms with Crippen LogP contribution in [0.25, 0.3) is 17.3 Å². The Morgan fingerprint density at radius 2 is 1.85 bits per heavy atom. The number of imide groups is 1. The summed E-state index contributed by atoms with van der Waals surface area (Å²) in [5.41, 5.74) is 0.973. The Hall–Kier alpha value is -3.77. The molecule has 2 N–H and O–H groups in total. The molecule has 8 nitrogen and oxygen atoms in total. The van der Waals surface area contributed by atoms with Crippen LogP contribution in [0.3, 0.4) is 0 Å². The smallest absolute Gasteiger partial charge is 0.341 e. The first-order chi connectivity index (χ1) is 18.8. The molecule has 2 aliphatic heterocycles. The van der Waals surface area contributed by atoms with Crippen LogP contribution in [0.5, 0.6) is 0 Å². The van der Waals surface area contributed by atoms with Gasteiger partial charge in [-0.2, -0.15) is 13.2 Å². The van der Waals surface area contributed by atoms with Gasteiger partial charge >= 0.3 is 6.18 Å². The van der Waals surface area contributed by atoms with Gasteiger partial charge in [0, 0.05) is 37.6 Å². The molecular weight excluding hydrogens is 529 g/mol. The van der Waals surface area contributed by atoms with Crippen LogP contribution in [0.2, 0.25) is 0 Å². The number of benzene rings is 1. The highest BCUT2D eigenvalue weighted by Gasteiger charge is 2.34. The lowest BCUT2D eigenvalue weighted by Crippen LogP contribution is -2.38. The van der Waals surface area contributed by atoms with Crippen LogP contribution >= 0.6 is 11.8 Å². The van der Waals surface area contributed by atoms with E-state index in [1.807, 2.05) is 0 Å². The molecular formula is C27H25F3N6O2S. The van der Waals surface area contributed by atoms with Crippen molar-refractivity contribution in [3.8, 4) is 11.3 Å². The van der Waals surface area contributed by atoms with Crippen molar-refractivity contribution in [3.63, 3.8) is 0 Å². The highest BCUT2D eigenvalue weighted by atomic mass is 32.2. The Morgan fingerprint density at radius 1 is 1.05 bits per heavy atom. The minimum Gasteiger partial charge on any atom is -0.341 e. The zero-order valence-electron chi connectivity index (χ0n) is 20.7. The monoisotopic (exact) mass is 554 g/mol. The Balaban J connectivity index is 1.17. The van der Waals surface area contributed by atoms with Gasteiger partial charge in [0.15, 0.2) is 0 Å². The van der Waals surface area contributed by atoms with Crippen LogP contribution in [0.15, 0.2) is 59.8 Å². The van der Waals surface area contributed by atoms with Crippen molar-refractivity contribution in [2.24, 2.45) is 5.92 Å². The summed E-state index contributed by atoms with van der Waals surface area (Å²) in [5, 5.41) is 5.23. The third kappa shape index (κ3) is 6.45. The molecule has 0 bridgehead atoms. The number of piperidine rings is 1. The van der Waals surface area contributed by atoms with Crippen molar-refractivity contribution in [2.75, 3.05) is 24.5 Å². The molecule has 5 rings (SSSR count). The van der Waals surface area contributed by atoms with Crippen LogP contribution < -0.4 is 15.5 Å². The maximum Gasteiger partial charge on any atom is 0.417 e. The number of hydrogen-bond donors (Lipinski definition) is 2. The summed E-state index contributed by atoms with van der Waals surface area (Å²) in [5.74, 6) is 0.522. The number of aromatic nitrogens is 3. The van der Waals surface area contributed by atoms with Gasteiger partial charge in [0.2, 0.25) is 5.95 Å². The molecule has 202 valence electrons. The first-order valence-electron chi connectivity index (χ1n) is 12.4. The van der Waals surface area contributed by atoms with Crippen molar-refractivity contribution < 1.29 is 22.8 Å². The van der Waals surface area contributed by atoms with Gasteiger partial charge in [-0.05, 0) is 66.9 Å². The van der Waals surface area contributed by atoms with Crippen molar-refractivity contribution >= 4 is 34.9 Å². The first-order valence-corrected chi connectivity index (χ1v) is 13.2. The maximum atomic E-state index is 13.6. The van der Waals surface area contributed by atoms with Gasteiger partial charge in [-0.3, -0.25) is 19.9 Å². The molecule has 0 atom stereocenters. The molecule has 2 fully saturated rings. The molecule has 3 aromatic rings. The number of alkyl halides is 3. The van der Waals surface area contributed by atoms with E-state index in [2.05, 4.69) is 30.5 Å². The van der Waals surface area contributed by atoms with E-state index in [-0.39, 0.29) is 5.56 Å². The molecule has 0 spiro atoms. The van der Waals surface area contributed by atoms with E-state index in [4.69, 9.17) is 0 Å². The summed E-state index contributed by atoms with van der Waals surface area (Å²) in [6, 6.07) is 10.7. The highest BCUT2D eigenvalue weighted by molar-refractivity contribution is 8.18. The summed E-state index contributed by atoms with van der Waals surface area (Å²) in [4.78, 5) is 38.8. The van der Waals surface area contributed by atoms with Crippen molar-refractivity contribution in [1.82, 2.24) is 25.6 Å². The fraction of sp³-hybridized carbons (Fsp3) is 0.296. The fourth-order valence-electron chi connectivity index (χ4n) is 4.66. The molecule has 2 saturated heterocycles. The molecule has 1 aromatic carbocycles. The molecule has 0 unspecified atom stereocenters. The zero-order chi connectivity index (χ0) is 27.4. The minimum atomic E-state index is -4.46. The standard InChI is InChI=1S/C27H25F3N6O2S/c28-27(29,30)21-6-2-1-5-20(21)23-18(4-3-10-32-23)16-31-15-17-8-12-36(13-9-17)25-33-11-7-19(34-25)14-22-24(37)35-26(38)39-22/h1-7,10-11,14,17,31H,8-9,12-13,15-16H2,(H,35,37,38)/b22-14-. The third-order valence-electron chi connectivity index (χ3n) is 6.61. The second kappa shape index (κ2) is 11.5. The van der Waals surface area contributed by atoms with Gasteiger partial charge in [0.1, 0.15) is 0 Å². The largest absolute Gasteiger partial charge is 0.417 e. The normalized spacial score (nSPS) is 17.6. The number of rotatable bonds is 7. The van der Waals surface area contributed by atoms with Gasteiger partial charge < -0.3 is 10.2 Å². The lowest BCUT2D eigenvalue weighted by molar-refractivity contribution is -0.137.